The number of rotatable bonds is 10. The number of hydrogen-bond donors (Lipinski definition) is 1. The van der Waals surface area contributed by atoms with E-state index in [1.807, 2.05) is 18.2 Å². The predicted octanol–water partition coefficient (Wildman–Crippen LogP) is 2.68. The normalized spacial score (nSPS) is 10.7. The van der Waals surface area contributed by atoms with E-state index in [0.29, 0.717) is 6.61 Å². The van der Waals surface area contributed by atoms with Gasteiger partial charge in [0.05, 0.1) is 0 Å². The fourth-order valence-corrected chi connectivity index (χ4v) is 1.94. The molecule has 0 unspecified atom stereocenters. The van der Waals surface area contributed by atoms with Crippen molar-refractivity contribution in [2.45, 2.75) is 20.4 Å². The minimum Gasteiger partial charge on any atom is -0.489 e. The summed E-state index contributed by atoms with van der Waals surface area (Å²) in [6.07, 6.45) is 1.77. The molecule has 106 valence electrons. The van der Waals surface area contributed by atoms with Crippen molar-refractivity contribution in [3.8, 4) is 5.75 Å². The van der Waals surface area contributed by atoms with Crippen molar-refractivity contribution in [1.29, 1.82) is 0 Å². The average Bonchev–Trinajstić information content (AvgIpc) is 2.46. The van der Waals surface area contributed by atoms with Crippen molar-refractivity contribution in [2.24, 2.45) is 0 Å². The Balaban J connectivity index is 2.37. The quantitative estimate of drug-likeness (QED) is 0.518. The van der Waals surface area contributed by atoms with Crippen LogP contribution in [-0.2, 0) is 6.54 Å². The number of benzene rings is 1. The summed E-state index contributed by atoms with van der Waals surface area (Å²) in [6.45, 7) is 13.8. The highest BCUT2D eigenvalue weighted by molar-refractivity contribution is 5.33. The lowest BCUT2D eigenvalue weighted by molar-refractivity contribution is 0.301. The molecule has 0 radical (unpaired) electrons. The molecule has 1 rings (SSSR count). The third-order valence-electron chi connectivity index (χ3n) is 3.14. The van der Waals surface area contributed by atoms with E-state index in [2.05, 4.69) is 36.7 Å². The van der Waals surface area contributed by atoms with E-state index < -0.39 is 0 Å². The molecule has 0 saturated heterocycles. The summed E-state index contributed by atoms with van der Waals surface area (Å²) in [5.74, 6) is 0.942. The van der Waals surface area contributed by atoms with E-state index in [0.717, 1.165) is 38.5 Å². The Labute approximate surface area is 117 Å². The van der Waals surface area contributed by atoms with Gasteiger partial charge in [0, 0.05) is 25.2 Å². The van der Waals surface area contributed by atoms with Crippen LogP contribution in [0.1, 0.15) is 19.4 Å². The molecule has 0 amide bonds. The van der Waals surface area contributed by atoms with Crippen LogP contribution in [0.15, 0.2) is 36.9 Å². The first kappa shape index (κ1) is 15.7. The standard InChI is InChI=1S/C16H26N2O/c1-4-13-19-16-10-8-7-9-15(16)14-17-11-12-18(5-2)6-3/h4,7-10,17H,1,5-6,11-14H2,2-3H3. The maximum Gasteiger partial charge on any atom is 0.124 e. The minimum absolute atomic E-state index is 0.552. The number of ether oxygens (including phenoxy) is 1. The fraction of sp³-hybridized carbons (Fsp3) is 0.500. The molecule has 1 aromatic rings. The second kappa shape index (κ2) is 9.59. The third-order valence-corrected chi connectivity index (χ3v) is 3.14. The molecule has 0 heterocycles. The van der Waals surface area contributed by atoms with Gasteiger partial charge in [-0.25, -0.2) is 0 Å². The predicted molar refractivity (Wildman–Crippen MR) is 81.6 cm³/mol. The Morgan fingerprint density at radius 2 is 2.00 bits per heavy atom. The molecule has 0 aliphatic rings. The number of para-hydroxylation sites is 1. The molecule has 0 bridgehead atoms. The van der Waals surface area contributed by atoms with Crippen LogP contribution < -0.4 is 10.1 Å². The van der Waals surface area contributed by atoms with Gasteiger partial charge in [0.15, 0.2) is 0 Å². The highest BCUT2D eigenvalue weighted by Gasteiger charge is 2.02. The smallest absolute Gasteiger partial charge is 0.124 e. The highest BCUT2D eigenvalue weighted by atomic mass is 16.5. The van der Waals surface area contributed by atoms with Crippen LogP contribution in [0.2, 0.25) is 0 Å². The van der Waals surface area contributed by atoms with E-state index in [1.54, 1.807) is 6.08 Å². The molecular weight excluding hydrogens is 236 g/mol. The fourth-order valence-electron chi connectivity index (χ4n) is 1.94. The second-order valence-corrected chi connectivity index (χ2v) is 4.41. The van der Waals surface area contributed by atoms with Crippen molar-refractivity contribution in [3.63, 3.8) is 0 Å². The van der Waals surface area contributed by atoms with E-state index >= 15 is 0 Å². The van der Waals surface area contributed by atoms with Crippen molar-refractivity contribution in [1.82, 2.24) is 10.2 Å². The monoisotopic (exact) mass is 262 g/mol. The molecule has 0 aliphatic carbocycles. The van der Waals surface area contributed by atoms with Crippen molar-refractivity contribution >= 4 is 0 Å². The van der Waals surface area contributed by atoms with Crippen LogP contribution in [0.4, 0.5) is 0 Å². The van der Waals surface area contributed by atoms with Crippen molar-refractivity contribution in [2.75, 3.05) is 32.8 Å². The van der Waals surface area contributed by atoms with Gasteiger partial charge in [0.25, 0.3) is 0 Å². The van der Waals surface area contributed by atoms with Gasteiger partial charge < -0.3 is 15.0 Å². The van der Waals surface area contributed by atoms with Gasteiger partial charge in [0.1, 0.15) is 12.4 Å². The second-order valence-electron chi connectivity index (χ2n) is 4.41. The maximum absolute atomic E-state index is 5.64. The lowest BCUT2D eigenvalue weighted by Gasteiger charge is -2.18. The van der Waals surface area contributed by atoms with Crippen LogP contribution in [0.3, 0.4) is 0 Å². The summed E-state index contributed by atoms with van der Waals surface area (Å²) in [4.78, 5) is 2.41. The molecule has 3 nitrogen and oxygen atoms in total. The summed E-state index contributed by atoms with van der Waals surface area (Å²) >= 11 is 0. The molecule has 19 heavy (non-hydrogen) atoms. The molecule has 1 N–H and O–H groups in total. The summed E-state index contributed by atoms with van der Waals surface area (Å²) < 4.78 is 5.64. The average molecular weight is 262 g/mol. The molecule has 3 heteroatoms. The first-order valence-corrected chi connectivity index (χ1v) is 7.06. The van der Waals surface area contributed by atoms with Gasteiger partial charge in [-0.3, -0.25) is 0 Å². The van der Waals surface area contributed by atoms with Gasteiger partial charge >= 0.3 is 0 Å². The van der Waals surface area contributed by atoms with Gasteiger partial charge in [-0.05, 0) is 19.2 Å². The van der Waals surface area contributed by atoms with Crippen LogP contribution in [0, 0.1) is 0 Å². The van der Waals surface area contributed by atoms with Gasteiger partial charge in [-0.2, -0.15) is 0 Å². The lowest BCUT2D eigenvalue weighted by Crippen LogP contribution is -2.31. The Bertz CT molecular complexity index is 362. The van der Waals surface area contributed by atoms with Gasteiger partial charge in [-0.15, -0.1) is 0 Å². The van der Waals surface area contributed by atoms with Crippen LogP contribution in [0.5, 0.6) is 5.75 Å². The van der Waals surface area contributed by atoms with Crippen LogP contribution >= 0.6 is 0 Å². The molecular formula is C16H26N2O. The Kier molecular flexibility index (Phi) is 7.94. The highest BCUT2D eigenvalue weighted by Crippen LogP contribution is 2.17. The number of likely N-dealkylation sites (N-methyl/N-ethyl adjacent to an activating group) is 1. The Morgan fingerprint density at radius 3 is 2.68 bits per heavy atom. The molecule has 0 saturated carbocycles. The molecule has 0 spiro atoms. The summed E-state index contributed by atoms with van der Waals surface area (Å²) in [5, 5.41) is 3.47. The first-order valence-electron chi connectivity index (χ1n) is 7.06. The van der Waals surface area contributed by atoms with E-state index in [9.17, 15) is 0 Å². The molecule has 1 aromatic carbocycles. The van der Waals surface area contributed by atoms with E-state index in [1.165, 1.54) is 5.56 Å². The van der Waals surface area contributed by atoms with Gasteiger partial charge in [0.2, 0.25) is 0 Å². The lowest BCUT2D eigenvalue weighted by atomic mass is 10.2. The summed E-state index contributed by atoms with van der Waals surface area (Å²) in [7, 11) is 0. The summed E-state index contributed by atoms with van der Waals surface area (Å²) in [5.41, 5.74) is 1.20. The van der Waals surface area contributed by atoms with Crippen molar-refractivity contribution < 1.29 is 4.74 Å². The molecule has 0 fully saturated rings. The van der Waals surface area contributed by atoms with Gasteiger partial charge in [-0.1, -0.05) is 44.7 Å². The topological polar surface area (TPSA) is 24.5 Å². The van der Waals surface area contributed by atoms with Crippen LogP contribution in [-0.4, -0.2) is 37.7 Å². The molecule has 0 atom stereocenters. The van der Waals surface area contributed by atoms with Crippen molar-refractivity contribution in [3.05, 3.63) is 42.5 Å². The Morgan fingerprint density at radius 1 is 1.26 bits per heavy atom. The Hall–Kier alpha value is -1.32. The largest absolute Gasteiger partial charge is 0.489 e. The number of nitrogens with zero attached hydrogens (tertiary/aromatic N) is 1. The molecule has 0 aromatic heterocycles. The zero-order valence-electron chi connectivity index (χ0n) is 12.2. The third kappa shape index (κ3) is 5.90. The zero-order chi connectivity index (χ0) is 13.9. The number of nitrogens with one attached hydrogen (secondary N) is 1. The SMILES string of the molecule is C=CCOc1ccccc1CNCCN(CC)CC. The minimum atomic E-state index is 0.552. The maximum atomic E-state index is 5.64. The summed E-state index contributed by atoms with van der Waals surface area (Å²) in [6, 6.07) is 8.15. The van der Waals surface area contributed by atoms with E-state index in [-0.39, 0.29) is 0 Å². The first-order chi connectivity index (χ1) is 9.31. The van der Waals surface area contributed by atoms with E-state index in [4.69, 9.17) is 4.74 Å². The van der Waals surface area contributed by atoms with Crippen LogP contribution in [0.25, 0.3) is 0 Å². The molecule has 0 aliphatic heterocycles. The zero-order valence-corrected chi connectivity index (χ0v) is 12.2. The number of hydrogen-bond acceptors (Lipinski definition) is 3.